The normalized spacial score (nSPS) is 18.3. The van der Waals surface area contributed by atoms with E-state index in [1.54, 1.807) is 18.3 Å². The second-order valence-electron chi connectivity index (χ2n) is 9.95. The van der Waals surface area contributed by atoms with Gasteiger partial charge in [0.15, 0.2) is 0 Å². The molecule has 9 heteroatoms. The first-order valence-electron chi connectivity index (χ1n) is 13.3. The van der Waals surface area contributed by atoms with E-state index in [1.165, 1.54) is 22.0 Å². The fraction of sp³-hybridized carbons (Fsp3) is 0.379. The van der Waals surface area contributed by atoms with E-state index in [2.05, 4.69) is 50.4 Å². The molecule has 2 aliphatic heterocycles. The van der Waals surface area contributed by atoms with Gasteiger partial charge in [-0.25, -0.2) is 8.42 Å². The number of sulfonamides is 1. The molecule has 2 fully saturated rings. The van der Waals surface area contributed by atoms with Crippen LogP contribution in [-0.4, -0.2) is 79.2 Å². The molecule has 1 N–H and O–H groups in total. The molecule has 38 heavy (non-hydrogen) atoms. The average molecular weight is 534 g/mol. The molecule has 8 nitrogen and oxygen atoms in total. The van der Waals surface area contributed by atoms with Gasteiger partial charge in [0.25, 0.3) is 5.91 Å². The molecule has 1 unspecified atom stereocenters. The molecule has 2 aromatic carbocycles. The van der Waals surface area contributed by atoms with Gasteiger partial charge in [0.1, 0.15) is 0 Å². The van der Waals surface area contributed by atoms with E-state index < -0.39 is 10.0 Å². The first-order chi connectivity index (χ1) is 18.5. The third-order valence-corrected chi connectivity index (χ3v) is 9.35. The number of carbonyl (C=O) groups is 1. The van der Waals surface area contributed by atoms with E-state index in [9.17, 15) is 13.2 Å². The SMILES string of the molecule is O=C(NCC(c1cccnc1)N1CCN(Cc2ccccc2)CC1)c1ccc(S(=O)(=O)N2CCCC2)cc1. The van der Waals surface area contributed by atoms with Crippen molar-refractivity contribution in [2.75, 3.05) is 45.8 Å². The summed E-state index contributed by atoms with van der Waals surface area (Å²) in [4.78, 5) is 22.4. The van der Waals surface area contributed by atoms with Gasteiger partial charge in [-0.05, 0) is 54.3 Å². The molecule has 3 heterocycles. The number of carbonyl (C=O) groups excluding carboxylic acids is 1. The van der Waals surface area contributed by atoms with Crippen LogP contribution < -0.4 is 5.32 Å². The molecule has 1 aromatic heterocycles. The highest BCUT2D eigenvalue weighted by Gasteiger charge is 2.28. The molecular formula is C29H35N5O3S. The third kappa shape index (κ3) is 6.30. The van der Waals surface area contributed by atoms with E-state index in [1.807, 2.05) is 18.3 Å². The van der Waals surface area contributed by atoms with Crippen LogP contribution >= 0.6 is 0 Å². The average Bonchev–Trinajstić information content (AvgIpc) is 3.51. The number of benzene rings is 2. The van der Waals surface area contributed by atoms with Gasteiger partial charge in [-0.15, -0.1) is 0 Å². The Kier molecular flexibility index (Phi) is 8.48. The number of aromatic nitrogens is 1. The lowest BCUT2D eigenvalue weighted by Crippen LogP contribution is -2.49. The molecule has 0 bridgehead atoms. The molecule has 5 rings (SSSR count). The lowest BCUT2D eigenvalue weighted by atomic mass is 10.1. The summed E-state index contributed by atoms with van der Waals surface area (Å²) < 4.78 is 27.1. The maximum Gasteiger partial charge on any atom is 0.251 e. The lowest BCUT2D eigenvalue weighted by Gasteiger charge is -2.39. The summed E-state index contributed by atoms with van der Waals surface area (Å²) in [6.45, 7) is 6.18. The van der Waals surface area contributed by atoms with E-state index in [-0.39, 0.29) is 16.8 Å². The van der Waals surface area contributed by atoms with Crippen LogP contribution in [0.4, 0.5) is 0 Å². The standard InChI is InChI=1S/C29H35N5O3S/c35-29(25-10-12-27(13-11-25)38(36,37)34-15-4-5-16-34)31-22-28(26-9-6-14-30-21-26)33-19-17-32(18-20-33)23-24-7-2-1-3-8-24/h1-3,6-14,21,28H,4-5,15-20,22-23H2,(H,31,35). The van der Waals surface area contributed by atoms with Crippen LogP contribution in [0.3, 0.4) is 0 Å². The van der Waals surface area contributed by atoms with Crippen molar-refractivity contribution in [1.29, 1.82) is 0 Å². The van der Waals surface area contributed by atoms with Crippen molar-refractivity contribution in [2.45, 2.75) is 30.3 Å². The van der Waals surface area contributed by atoms with Crippen LogP contribution in [0.25, 0.3) is 0 Å². The quantitative estimate of drug-likeness (QED) is 0.455. The predicted octanol–water partition coefficient (Wildman–Crippen LogP) is 3.16. The summed E-state index contributed by atoms with van der Waals surface area (Å²) >= 11 is 0. The van der Waals surface area contributed by atoms with Gasteiger partial charge in [0.2, 0.25) is 10.0 Å². The van der Waals surface area contributed by atoms with Crippen molar-refractivity contribution in [3.8, 4) is 0 Å². The number of nitrogens with zero attached hydrogens (tertiary/aromatic N) is 4. The molecule has 2 saturated heterocycles. The van der Waals surface area contributed by atoms with Crippen molar-refractivity contribution in [1.82, 2.24) is 24.4 Å². The fourth-order valence-corrected chi connectivity index (χ4v) is 6.77. The summed E-state index contributed by atoms with van der Waals surface area (Å²) in [5.41, 5.74) is 2.83. The zero-order valence-electron chi connectivity index (χ0n) is 21.6. The molecule has 0 saturated carbocycles. The van der Waals surface area contributed by atoms with Crippen LogP contribution in [0.5, 0.6) is 0 Å². The van der Waals surface area contributed by atoms with E-state index >= 15 is 0 Å². The Morgan fingerprint density at radius 3 is 2.24 bits per heavy atom. The first kappa shape index (κ1) is 26.5. The summed E-state index contributed by atoms with van der Waals surface area (Å²) in [5, 5.41) is 3.08. The van der Waals surface area contributed by atoms with Crippen LogP contribution in [0.2, 0.25) is 0 Å². The minimum Gasteiger partial charge on any atom is -0.350 e. The highest BCUT2D eigenvalue weighted by atomic mass is 32.2. The van der Waals surface area contributed by atoms with E-state index in [4.69, 9.17) is 0 Å². The molecule has 3 aromatic rings. The Morgan fingerprint density at radius 1 is 0.868 bits per heavy atom. The van der Waals surface area contributed by atoms with Gasteiger partial charge in [0, 0.05) is 70.3 Å². The zero-order chi connectivity index (χ0) is 26.4. The smallest absolute Gasteiger partial charge is 0.251 e. The second-order valence-corrected chi connectivity index (χ2v) is 11.9. The van der Waals surface area contributed by atoms with Crippen LogP contribution in [0, 0.1) is 0 Å². The van der Waals surface area contributed by atoms with Crippen LogP contribution in [-0.2, 0) is 16.6 Å². The Labute approximate surface area is 225 Å². The Hall–Kier alpha value is -3.11. The summed E-state index contributed by atoms with van der Waals surface area (Å²) in [6, 6.07) is 20.8. The van der Waals surface area contributed by atoms with Gasteiger partial charge >= 0.3 is 0 Å². The number of amides is 1. The van der Waals surface area contributed by atoms with Crippen molar-refractivity contribution < 1.29 is 13.2 Å². The molecule has 1 amide bonds. The maximum atomic E-state index is 13.0. The highest BCUT2D eigenvalue weighted by Crippen LogP contribution is 2.23. The largest absolute Gasteiger partial charge is 0.350 e. The van der Waals surface area contributed by atoms with Gasteiger partial charge in [-0.3, -0.25) is 19.6 Å². The maximum absolute atomic E-state index is 13.0. The van der Waals surface area contributed by atoms with E-state index in [0.717, 1.165) is 51.1 Å². The number of hydrogen-bond acceptors (Lipinski definition) is 6. The number of piperazine rings is 1. The number of hydrogen-bond donors (Lipinski definition) is 1. The monoisotopic (exact) mass is 533 g/mol. The summed E-state index contributed by atoms with van der Waals surface area (Å²) in [7, 11) is -3.50. The molecule has 0 aliphatic carbocycles. The third-order valence-electron chi connectivity index (χ3n) is 7.44. The molecule has 0 radical (unpaired) electrons. The van der Waals surface area contributed by atoms with Gasteiger partial charge in [0.05, 0.1) is 10.9 Å². The van der Waals surface area contributed by atoms with E-state index in [0.29, 0.717) is 25.2 Å². The van der Waals surface area contributed by atoms with Crippen LogP contribution in [0.1, 0.15) is 40.4 Å². The lowest BCUT2D eigenvalue weighted by molar-refractivity contribution is 0.0821. The van der Waals surface area contributed by atoms with Crippen molar-refractivity contribution in [3.05, 3.63) is 95.8 Å². The Bertz CT molecular complexity index is 1290. The fourth-order valence-electron chi connectivity index (χ4n) is 5.25. The Balaban J connectivity index is 1.21. The van der Waals surface area contributed by atoms with Crippen molar-refractivity contribution in [3.63, 3.8) is 0 Å². The first-order valence-corrected chi connectivity index (χ1v) is 14.7. The van der Waals surface area contributed by atoms with Gasteiger partial charge in [-0.2, -0.15) is 4.31 Å². The topological polar surface area (TPSA) is 85.9 Å². The molecule has 1 atom stereocenters. The Morgan fingerprint density at radius 2 is 1.58 bits per heavy atom. The zero-order valence-corrected chi connectivity index (χ0v) is 22.4. The highest BCUT2D eigenvalue weighted by molar-refractivity contribution is 7.89. The van der Waals surface area contributed by atoms with Crippen molar-refractivity contribution >= 4 is 15.9 Å². The second kappa shape index (κ2) is 12.2. The number of nitrogens with one attached hydrogen (secondary N) is 1. The molecular weight excluding hydrogens is 498 g/mol. The van der Waals surface area contributed by atoms with Crippen molar-refractivity contribution in [2.24, 2.45) is 0 Å². The number of rotatable bonds is 9. The van der Waals surface area contributed by atoms with Gasteiger partial charge < -0.3 is 5.32 Å². The summed E-state index contributed by atoms with van der Waals surface area (Å²) in [6.07, 6.45) is 5.40. The van der Waals surface area contributed by atoms with Crippen LogP contribution in [0.15, 0.2) is 84.0 Å². The minimum atomic E-state index is -3.50. The summed E-state index contributed by atoms with van der Waals surface area (Å²) in [5.74, 6) is -0.216. The molecule has 2 aliphatic rings. The van der Waals surface area contributed by atoms with Gasteiger partial charge in [-0.1, -0.05) is 36.4 Å². The molecule has 0 spiro atoms. The molecule has 200 valence electrons. The number of pyridine rings is 1. The predicted molar refractivity (Wildman–Crippen MR) is 147 cm³/mol. The minimum absolute atomic E-state index is 0.00124.